The van der Waals surface area contributed by atoms with Crippen molar-refractivity contribution < 1.29 is 18.4 Å². The lowest BCUT2D eigenvalue weighted by Crippen LogP contribution is -2.32. The second-order valence-electron chi connectivity index (χ2n) is 24.9. The first-order chi connectivity index (χ1) is 46.7. The van der Waals surface area contributed by atoms with Crippen LogP contribution in [0.15, 0.2) is 199 Å². The number of carbonyl (C=O) groups excluding carboxylic acids is 2. The Bertz CT molecular complexity index is 5770. The number of rotatable bonds is 9. The minimum absolute atomic E-state index is 0.133. The quantitative estimate of drug-likeness (QED) is 0.105. The highest BCUT2D eigenvalue weighted by atomic mass is 32.1. The fourth-order valence-corrected chi connectivity index (χ4v) is 22.9. The topological polar surface area (TPSA) is 129 Å². The largest absolute Gasteiger partial charge is 0.289 e. The van der Waals surface area contributed by atoms with Crippen molar-refractivity contribution in [3.05, 3.63) is 309 Å². The minimum Gasteiger partial charge on any atom is -0.289 e. The summed E-state index contributed by atoms with van der Waals surface area (Å²) in [5, 5.41) is 40.4. The van der Waals surface area contributed by atoms with Gasteiger partial charge in [-0.3, -0.25) is 9.59 Å². The number of nitrogens with zero attached hydrogens (tertiary/aromatic N) is 4. The van der Waals surface area contributed by atoms with Crippen LogP contribution in [0.4, 0.5) is 8.78 Å². The molecule has 13 aromatic rings. The zero-order chi connectivity index (χ0) is 65.8. The number of hydrogen-bond acceptors (Lipinski definition) is 12. The van der Waals surface area contributed by atoms with Crippen LogP contribution < -0.4 is 0 Å². The first kappa shape index (κ1) is 59.4. The van der Waals surface area contributed by atoms with Crippen LogP contribution in [-0.4, -0.2) is 11.6 Å². The molecule has 1 unspecified atom stereocenters. The van der Waals surface area contributed by atoms with Crippen molar-refractivity contribution in [2.45, 2.75) is 44.4 Å². The van der Waals surface area contributed by atoms with Gasteiger partial charge in [-0.25, -0.2) is 8.78 Å². The maximum atomic E-state index is 20.5. The van der Waals surface area contributed by atoms with Gasteiger partial charge in [0.25, 0.3) is 0 Å². The second kappa shape index (κ2) is 22.1. The number of Topliss-reactive ketones (excluding diaryl/α,β-unsaturated/α-hetero) is 2. The van der Waals surface area contributed by atoms with E-state index in [0.29, 0.717) is 43.2 Å². The van der Waals surface area contributed by atoms with Crippen molar-refractivity contribution in [2.24, 2.45) is 5.92 Å². The maximum Gasteiger partial charge on any atom is 0.194 e. The van der Waals surface area contributed by atoms with Crippen molar-refractivity contribution in [2.75, 3.05) is 0 Å². The van der Waals surface area contributed by atoms with E-state index in [1.165, 1.54) is 45.3 Å². The van der Waals surface area contributed by atoms with Crippen molar-refractivity contribution in [3.63, 3.8) is 0 Å². The van der Waals surface area contributed by atoms with Crippen molar-refractivity contribution in [3.8, 4) is 64.7 Å². The molecule has 17 rings (SSSR count). The number of carbonyl (C=O) groups is 2. The molecule has 456 valence electrons. The van der Waals surface area contributed by atoms with Gasteiger partial charge in [-0.2, -0.15) is 21.0 Å². The number of fused-ring (bicyclic) bond motifs is 12. The van der Waals surface area contributed by atoms with Gasteiger partial charge in [0.05, 0.1) is 32.4 Å². The molecule has 0 fully saturated rings. The molecule has 96 heavy (non-hydrogen) atoms. The summed E-state index contributed by atoms with van der Waals surface area (Å²) in [6.07, 6.45) is 3.60. The van der Waals surface area contributed by atoms with Crippen LogP contribution in [0.25, 0.3) is 76.9 Å². The molecule has 0 amide bonds. The summed E-state index contributed by atoms with van der Waals surface area (Å²) >= 11 is 9.14. The zero-order valence-corrected chi connectivity index (χ0v) is 56.3. The van der Waals surface area contributed by atoms with Gasteiger partial charge < -0.3 is 0 Å². The summed E-state index contributed by atoms with van der Waals surface area (Å²) < 4.78 is 44.6. The van der Waals surface area contributed by atoms with Crippen LogP contribution in [0.1, 0.15) is 114 Å². The Morgan fingerprint density at radius 2 is 0.875 bits per heavy atom. The Hall–Kier alpha value is -10.4. The number of halogens is 2. The van der Waals surface area contributed by atoms with E-state index in [9.17, 15) is 30.6 Å². The molecule has 0 radical (unpaired) electrons. The van der Waals surface area contributed by atoms with Gasteiger partial charge >= 0.3 is 0 Å². The van der Waals surface area contributed by atoms with Crippen LogP contribution in [0, 0.1) is 90.6 Å². The Kier molecular flexibility index (Phi) is 13.7. The minimum atomic E-state index is -1.37. The van der Waals surface area contributed by atoms with Gasteiger partial charge in [0.1, 0.15) is 35.3 Å². The first-order valence-corrected chi connectivity index (χ1v) is 35.8. The summed E-state index contributed by atoms with van der Waals surface area (Å²) in [4.78, 5) is 34.7. The molecule has 14 heteroatoms. The fourth-order valence-electron chi connectivity index (χ4n) is 15.2. The molecule has 7 aromatic carbocycles. The lowest BCUT2D eigenvalue weighted by Gasteiger charge is -2.36. The fraction of sp³-hybridized carbons (Fsp3) is 0.0976. The molecule has 0 saturated carbocycles. The average Bonchev–Trinajstić information content (AvgIpc) is 1.48. The molecule has 4 aliphatic carbocycles. The zero-order valence-electron chi connectivity index (χ0n) is 51.4. The van der Waals surface area contributed by atoms with E-state index in [4.69, 9.17) is 0 Å². The third-order valence-corrected chi connectivity index (χ3v) is 26.8. The highest BCUT2D eigenvalue weighted by Gasteiger charge is 2.59. The standard InChI is InChI=1S/C82H46F2N4O2S6/c1-41-13-21-47(22-14-41)81(48-23-15-42(2)16-24-48)69-67(79-71(81)77-63(95-79)35-61(93-77)59-31-29-51(91-59)33-57-65(45(37-85)38-86)53-9-5-7-11-55(53)75(57)89)74(84)70-68(73(69)83)80-72(82(70,49-25-17-43(3)18-26-49)50-27-19-44(4)20-28-50)78-64(96-80)36-62(94-78)60-32-30-52(92-60)34-58-66(46(39-87)40-88)54-10-6-8-12-56(54)76(58)90/h5-36,45,65H,1-4H3/b57-33-,58-34-. The molecule has 6 aromatic heterocycles. The summed E-state index contributed by atoms with van der Waals surface area (Å²) in [6, 6.07) is 67.9. The van der Waals surface area contributed by atoms with E-state index in [1.54, 1.807) is 65.1 Å². The normalized spacial score (nSPS) is 16.0. The number of nitriles is 4. The van der Waals surface area contributed by atoms with E-state index in [-0.39, 0.29) is 45.0 Å². The van der Waals surface area contributed by atoms with Crippen molar-refractivity contribution in [1.29, 1.82) is 21.0 Å². The van der Waals surface area contributed by atoms with Crippen molar-refractivity contribution >= 4 is 116 Å². The predicted octanol–water partition coefficient (Wildman–Crippen LogP) is 22.0. The Balaban J connectivity index is 0.888. The molecular weight excluding hydrogens is 1300 g/mol. The third kappa shape index (κ3) is 8.34. The highest BCUT2D eigenvalue weighted by Crippen LogP contribution is 2.70. The SMILES string of the molecule is Cc1ccc(C2(c3ccc(C)cc3)c3c(F)c4c(c(F)c3-c3sc5cc(-c6ccc(/C=C7\C(=O)c8ccccc8C7=C(C#N)C#N)s6)sc5c32)C(c2ccc(C)cc2)(c2ccc(C)cc2)c2c-4sc3cc(-c4ccc(/C=C5\C(=O)c6ccccc6C5C(C#N)C#N)s4)sc23)cc1. The summed E-state index contributed by atoms with van der Waals surface area (Å²) in [7, 11) is 0. The van der Waals surface area contributed by atoms with E-state index in [0.717, 1.165) is 104 Å². The lowest BCUT2D eigenvalue weighted by atomic mass is 9.65. The molecule has 6 heterocycles. The van der Waals surface area contributed by atoms with Crippen molar-refractivity contribution in [1.82, 2.24) is 0 Å². The van der Waals surface area contributed by atoms with Crippen LogP contribution >= 0.6 is 68.0 Å². The summed E-state index contributed by atoms with van der Waals surface area (Å²) in [5.41, 5.74) is 10.2. The van der Waals surface area contributed by atoms with Crippen LogP contribution in [0.2, 0.25) is 0 Å². The molecule has 0 N–H and O–H groups in total. The highest BCUT2D eigenvalue weighted by molar-refractivity contribution is 7.33. The summed E-state index contributed by atoms with van der Waals surface area (Å²) in [6.45, 7) is 8.13. The molecule has 0 saturated heterocycles. The van der Waals surface area contributed by atoms with Gasteiger partial charge in [0.2, 0.25) is 0 Å². The number of aryl methyl sites for hydroxylation is 4. The predicted molar refractivity (Wildman–Crippen MR) is 386 cm³/mol. The summed E-state index contributed by atoms with van der Waals surface area (Å²) in [5.74, 6) is -3.17. The van der Waals surface area contributed by atoms with Gasteiger partial charge in [-0.1, -0.05) is 168 Å². The number of thiophene rings is 6. The smallest absolute Gasteiger partial charge is 0.194 e. The number of benzene rings is 7. The molecule has 0 bridgehead atoms. The molecule has 6 nitrogen and oxygen atoms in total. The average molecular weight is 1350 g/mol. The Morgan fingerprint density at radius 1 is 0.458 bits per heavy atom. The van der Waals surface area contributed by atoms with E-state index in [1.807, 2.05) is 82.3 Å². The van der Waals surface area contributed by atoms with Gasteiger partial charge in [-0.05, 0) is 110 Å². The van der Waals surface area contributed by atoms with Gasteiger partial charge in [0, 0.05) is 116 Å². The molecule has 0 spiro atoms. The van der Waals surface area contributed by atoms with Crippen LogP contribution in [-0.2, 0) is 10.8 Å². The number of ketones is 2. The number of hydrogen-bond donors (Lipinski definition) is 0. The number of allylic oxidation sites excluding steroid dienone is 4. The lowest BCUT2D eigenvalue weighted by molar-refractivity contribution is 0.103. The Morgan fingerprint density at radius 3 is 1.31 bits per heavy atom. The third-order valence-electron chi connectivity index (χ3n) is 19.5. The maximum absolute atomic E-state index is 20.5. The van der Waals surface area contributed by atoms with Crippen LogP contribution in [0.5, 0.6) is 0 Å². The van der Waals surface area contributed by atoms with Gasteiger partial charge in [0.15, 0.2) is 11.6 Å². The molecule has 4 aliphatic rings. The molecule has 0 aliphatic heterocycles. The van der Waals surface area contributed by atoms with Crippen LogP contribution in [0.3, 0.4) is 0 Å². The van der Waals surface area contributed by atoms with E-state index in [2.05, 4.69) is 121 Å². The van der Waals surface area contributed by atoms with E-state index < -0.39 is 34.3 Å². The molecular formula is C82H46F2N4O2S6. The van der Waals surface area contributed by atoms with Gasteiger partial charge in [-0.15, -0.1) is 68.0 Å². The first-order valence-electron chi connectivity index (χ1n) is 30.9. The molecule has 1 atom stereocenters. The second-order valence-corrected chi connectivity index (χ2v) is 31.3. The van der Waals surface area contributed by atoms with E-state index >= 15 is 8.78 Å². The monoisotopic (exact) mass is 1350 g/mol. The Labute approximate surface area is 575 Å².